The van der Waals surface area contributed by atoms with Crippen molar-refractivity contribution in [2.75, 3.05) is 12.4 Å². The van der Waals surface area contributed by atoms with Gasteiger partial charge < -0.3 is 14.6 Å². The Hall–Kier alpha value is -3.07. The van der Waals surface area contributed by atoms with E-state index in [0.29, 0.717) is 34.9 Å². The highest BCUT2D eigenvalue weighted by molar-refractivity contribution is 8.00. The molecule has 2 heterocycles. The molecule has 0 aliphatic heterocycles. The van der Waals surface area contributed by atoms with Gasteiger partial charge in [0, 0.05) is 12.6 Å². The summed E-state index contributed by atoms with van der Waals surface area (Å²) in [6, 6.07) is 9.25. The standard InChI is InChI=1S/C19H21N5O3S/c1-5-10-24-17(14-8-6-7-9-15(14)26-4)21-22-19(24)28-13(3)18(25)20-16-11-12(2)27-23-16/h5-9,11,13H,1,10H2,2-4H3,(H,20,23,25). The number of carbonyl (C=O) groups is 1. The molecule has 0 aliphatic carbocycles. The third-order valence-corrected chi connectivity index (χ3v) is 4.99. The third-order valence-electron chi connectivity index (χ3n) is 3.91. The minimum Gasteiger partial charge on any atom is -0.496 e. The molecular formula is C19H21N5O3S. The molecule has 1 atom stereocenters. The monoisotopic (exact) mass is 399 g/mol. The number of aromatic nitrogens is 4. The van der Waals surface area contributed by atoms with Crippen molar-refractivity contribution in [1.29, 1.82) is 0 Å². The Morgan fingerprint density at radius 3 is 2.89 bits per heavy atom. The number of carbonyl (C=O) groups excluding carboxylic acids is 1. The molecule has 0 spiro atoms. The molecule has 9 heteroatoms. The molecule has 28 heavy (non-hydrogen) atoms. The van der Waals surface area contributed by atoms with Crippen LogP contribution in [0.5, 0.6) is 5.75 Å². The van der Waals surface area contributed by atoms with Gasteiger partial charge in [-0.1, -0.05) is 35.1 Å². The molecule has 0 aliphatic rings. The molecule has 1 N–H and O–H groups in total. The molecule has 0 radical (unpaired) electrons. The van der Waals surface area contributed by atoms with Crippen LogP contribution in [0.2, 0.25) is 0 Å². The number of hydrogen-bond donors (Lipinski definition) is 1. The Kier molecular flexibility index (Phi) is 6.15. The summed E-state index contributed by atoms with van der Waals surface area (Å²) in [6.45, 7) is 7.87. The van der Waals surface area contributed by atoms with E-state index in [9.17, 15) is 4.79 Å². The fourth-order valence-electron chi connectivity index (χ4n) is 2.56. The Bertz CT molecular complexity index is 982. The zero-order valence-corrected chi connectivity index (χ0v) is 16.7. The van der Waals surface area contributed by atoms with Gasteiger partial charge in [-0.25, -0.2) is 0 Å². The van der Waals surface area contributed by atoms with E-state index < -0.39 is 5.25 Å². The number of rotatable bonds is 8. The predicted octanol–water partition coefficient (Wildman–Crippen LogP) is 3.56. The summed E-state index contributed by atoms with van der Waals surface area (Å²) in [4.78, 5) is 12.5. The van der Waals surface area contributed by atoms with E-state index in [2.05, 4.69) is 27.2 Å². The van der Waals surface area contributed by atoms with E-state index in [1.54, 1.807) is 33.1 Å². The average molecular weight is 399 g/mol. The first kappa shape index (κ1) is 19.7. The van der Waals surface area contributed by atoms with Crippen molar-refractivity contribution in [2.45, 2.75) is 30.8 Å². The number of amides is 1. The maximum atomic E-state index is 12.5. The maximum absolute atomic E-state index is 12.5. The summed E-state index contributed by atoms with van der Waals surface area (Å²) in [6.07, 6.45) is 1.76. The summed E-state index contributed by atoms with van der Waals surface area (Å²) in [7, 11) is 1.61. The summed E-state index contributed by atoms with van der Waals surface area (Å²) >= 11 is 1.30. The van der Waals surface area contributed by atoms with Gasteiger partial charge in [-0.15, -0.1) is 16.8 Å². The van der Waals surface area contributed by atoms with Crippen LogP contribution in [-0.2, 0) is 11.3 Å². The number of aryl methyl sites for hydroxylation is 1. The lowest BCUT2D eigenvalue weighted by Crippen LogP contribution is -2.23. The highest BCUT2D eigenvalue weighted by Crippen LogP contribution is 2.32. The van der Waals surface area contributed by atoms with Crippen LogP contribution in [0.25, 0.3) is 11.4 Å². The van der Waals surface area contributed by atoms with Crippen LogP contribution >= 0.6 is 11.8 Å². The number of hydrogen-bond acceptors (Lipinski definition) is 7. The summed E-state index contributed by atoms with van der Waals surface area (Å²) in [5.74, 6) is 2.16. The molecule has 146 valence electrons. The summed E-state index contributed by atoms with van der Waals surface area (Å²) < 4.78 is 12.3. The Labute approximate surface area is 167 Å². The zero-order chi connectivity index (χ0) is 20.1. The van der Waals surface area contributed by atoms with Crippen molar-refractivity contribution in [3.8, 4) is 17.1 Å². The Morgan fingerprint density at radius 1 is 1.43 bits per heavy atom. The van der Waals surface area contributed by atoms with Crippen molar-refractivity contribution in [3.05, 3.63) is 48.7 Å². The minimum absolute atomic E-state index is 0.203. The van der Waals surface area contributed by atoms with Crippen molar-refractivity contribution in [1.82, 2.24) is 19.9 Å². The van der Waals surface area contributed by atoms with Gasteiger partial charge in [0.15, 0.2) is 16.8 Å². The van der Waals surface area contributed by atoms with E-state index in [1.807, 2.05) is 28.8 Å². The quantitative estimate of drug-likeness (QED) is 0.457. The second-order valence-corrected chi connectivity index (χ2v) is 7.29. The first-order chi connectivity index (χ1) is 13.5. The van der Waals surface area contributed by atoms with Crippen LogP contribution < -0.4 is 10.1 Å². The number of nitrogens with one attached hydrogen (secondary N) is 1. The summed E-state index contributed by atoms with van der Waals surface area (Å²) in [5, 5.41) is 15.3. The normalized spacial score (nSPS) is 11.8. The number of para-hydroxylation sites is 1. The van der Waals surface area contributed by atoms with Gasteiger partial charge in [0.1, 0.15) is 11.5 Å². The van der Waals surface area contributed by atoms with E-state index in [0.717, 1.165) is 5.56 Å². The Balaban J connectivity index is 1.83. The van der Waals surface area contributed by atoms with Crippen LogP contribution in [-0.4, -0.2) is 38.2 Å². The van der Waals surface area contributed by atoms with Gasteiger partial charge in [0.25, 0.3) is 0 Å². The van der Waals surface area contributed by atoms with Gasteiger partial charge >= 0.3 is 0 Å². The molecule has 1 unspecified atom stereocenters. The van der Waals surface area contributed by atoms with Gasteiger partial charge in [0.2, 0.25) is 5.91 Å². The van der Waals surface area contributed by atoms with Crippen LogP contribution in [0.15, 0.2) is 52.7 Å². The van der Waals surface area contributed by atoms with E-state index >= 15 is 0 Å². The predicted molar refractivity (Wildman–Crippen MR) is 107 cm³/mol. The number of anilines is 1. The maximum Gasteiger partial charge on any atom is 0.238 e. The number of methoxy groups -OCH3 is 1. The molecule has 0 bridgehead atoms. The smallest absolute Gasteiger partial charge is 0.238 e. The first-order valence-corrected chi connectivity index (χ1v) is 9.49. The van der Waals surface area contributed by atoms with Crippen molar-refractivity contribution < 1.29 is 14.1 Å². The molecule has 8 nitrogen and oxygen atoms in total. The summed E-state index contributed by atoms with van der Waals surface area (Å²) in [5.41, 5.74) is 0.821. The minimum atomic E-state index is -0.421. The van der Waals surface area contributed by atoms with Gasteiger partial charge in [-0.05, 0) is 26.0 Å². The van der Waals surface area contributed by atoms with Crippen LogP contribution in [0.3, 0.4) is 0 Å². The molecular weight excluding hydrogens is 378 g/mol. The number of ether oxygens (including phenoxy) is 1. The fourth-order valence-corrected chi connectivity index (χ4v) is 3.42. The largest absolute Gasteiger partial charge is 0.496 e. The van der Waals surface area contributed by atoms with Crippen molar-refractivity contribution in [2.24, 2.45) is 0 Å². The number of benzene rings is 1. The number of allylic oxidation sites excluding steroid dienone is 1. The van der Waals surface area contributed by atoms with Crippen LogP contribution in [0, 0.1) is 6.92 Å². The second-order valence-electron chi connectivity index (χ2n) is 5.98. The fraction of sp³-hybridized carbons (Fsp3) is 0.263. The third kappa shape index (κ3) is 4.25. The van der Waals surface area contributed by atoms with Gasteiger partial charge in [0.05, 0.1) is 17.9 Å². The van der Waals surface area contributed by atoms with Crippen LogP contribution in [0.1, 0.15) is 12.7 Å². The van der Waals surface area contributed by atoms with Crippen molar-refractivity contribution >= 4 is 23.5 Å². The molecule has 3 rings (SSSR count). The molecule has 3 aromatic rings. The molecule has 1 amide bonds. The van der Waals surface area contributed by atoms with E-state index in [-0.39, 0.29) is 5.91 Å². The van der Waals surface area contributed by atoms with Crippen LogP contribution in [0.4, 0.5) is 5.82 Å². The van der Waals surface area contributed by atoms with Crippen molar-refractivity contribution in [3.63, 3.8) is 0 Å². The zero-order valence-electron chi connectivity index (χ0n) is 15.9. The molecule has 0 saturated heterocycles. The lowest BCUT2D eigenvalue weighted by Gasteiger charge is -2.13. The van der Waals surface area contributed by atoms with E-state index in [1.165, 1.54) is 11.8 Å². The second kappa shape index (κ2) is 8.75. The average Bonchev–Trinajstić information content (AvgIpc) is 3.28. The van der Waals surface area contributed by atoms with Gasteiger partial charge in [-0.2, -0.15) is 0 Å². The molecule has 2 aromatic heterocycles. The first-order valence-electron chi connectivity index (χ1n) is 8.61. The molecule has 1 aromatic carbocycles. The molecule has 0 fully saturated rings. The SMILES string of the molecule is C=CCn1c(SC(C)C(=O)Nc2cc(C)on2)nnc1-c1ccccc1OC. The molecule has 0 saturated carbocycles. The highest BCUT2D eigenvalue weighted by atomic mass is 32.2. The van der Waals surface area contributed by atoms with Gasteiger partial charge in [-0.3, -0.25) is 9.36 Å². The number of thioether (sulfide) groups is 1. The van der Waals surface area contributed by atoms with E-state index in [4.69, 9.17) is 9.26 Å². The topological polar surface area (TPSA) is 95.1 Å². The Morgan fingerprint density at radius 2 is 2.21 bits per heavy atom. The lowest BCUT2D eigenvalue weighted by atomic mass is 10.2. The highest BCUT2D eigenvalue weighted by Gasteiger charge is 2.22. The number of nitrogens with zero attached hydrogens (tertiary/aromatic N) is 4. The lowest BCUT2D eigenvalue weighted by molar-refractivity contribution is -0.115.